The van der Waals surface area contributed by atoms with Gasteiger partial charge in [0.25, 0.3) is 0 Å². The Morgan fingerprint density at radius 3 is 2.71 bits per heavy atom. The number of nitrogens with zero attached hydrogens (tertiary/aromatic N) is 3. The second kappa shape index (κ2) is 10.2. The molecule has 0 aliphatic carbocycles. The number of guanidine groups is 1. The molecule has 0 unspecified atom stereocenters. The highest BCUT2D eigenvalue weighted by molar-refractivity contribution is 7.99. The number of nitrogens with one attached hydrogen (secondary N) is 2. The molecule has 0 aromatic carbocycles. The number of pyridine rings is 1. The molecule has 1 amide bonds. The van der Waals surface area contributed by atoms with E-state index in [9.17, 15) is 4.79 Å². The predicted octanol–water partition coefficient (Wildman–Crippen LogP) is 1.39. The van der Waals surface area contributed by atoms with Crippen LogP contribution < -0.4 is 10.6 Å². The number of aliphatic imine (C=N–C) groups is 1. The molecule has 1 heterocycles. The van der Waals surface area contributed by atoms with Crippen LogP contribution in [-0.4, -0.2) is 66.5 Å². The zero-order chi connectivity index (χ0) is 18.0. The van der Waals surface area contributed by atoms with E-state index in [4.69, 9.17) is 0 Å². The van der Waals surface area contributed by atoms with E-state index in [-0.39, 0.29) is 17.2 Å². The number of thioether (sulfide) groups is 1. The van der Waals surface area contributed by atoms with Gasteiger partial charge in [-0.1, -0.05) is 6.07 Å². The first-order chi connectivity index (χ1) is 11.4. The van der Waals surface area contributed by atoms with Crippen LogP contribution in [-0.2, 0) is 11.2 Å². The molecule has 0 saturated heterocycles. The maximum absolute atomic E-state index is 12.2. The third-order valence-electron chi connectivity index (χ3n) is 3.72. The van der Waals surface area contributed by atoms with E-state index in [1.807, 2.05) is 18.2 Å². The van der Waals surface area contributed by atoms with Gasteiger partial charge in [0.2, 0.25) is 5.91 Å². The van der Waals surface area contributed by atoms with E-state index >= 15 is 0 Å². The van der Waals surface area contributed by atoms with Gasteiger partial charge in [-0.3, -0.25) is 14.8 Å². The minimum absolute atomic E-state index is 0.0259. The number of amides is 1. The molecule has 0 spiro atoms. The Morgan fingerprint density at radius 2 is 2.12 bits per heavy atom. The lowest BCUT2D eigenvalue weighted by Gasteiger charge is -2.24. The second-order valence-electron chi connectivity index (χ2n) is 6.13. The molecule has 0 saturated carbocycles. The fourth-order valence-electron chi connectivity index (χ4n) is 1.84. The molecular weight excluding hydrogens is 322 g/mol. The minimum Gasteiger partial charge on any atom is -0.355 e. The van der Waals surface area contributed by atoms with Crippen molar-refractivity contribution in [3.05, 3.63) is 30.1 Å². The van der Waals surface area contributed by atoms with Crippen molar-refractivity contribution in [2.45, 2.75) is 25.0 Å². The third-order valence-corrected chi connectivity index (χ3v) is 4.97. The highest BCUT2D eigenvalue weighted by atomic mass is 32.2. The number of aromatic nitrogens is 1. The molecule has 0 bridgehead atoms. The molecule has 1 rings (SSSR count). The van der Waals surface area contributed by atoms with E-state index in [0.29, 0.717) is 12.5 Å². The molecule has 2 N–H and O–H groups in total. The van der Waals surface area contributed by atoms with Crippen molar-refractivity contribution in [1.29, 1.82) is 0 Å². The van der Waals surface area contributed by atoms with Crippen molar-refractivity contribution in [2.75, 3.05) is 40.0 Å². The van der Waals surface area contributed by atoms with Gasteiger partial charge in [-0.15, -0.1) is 0 Å². The van der Waals surface area contributed by atoms with Crippen LogP contribution in [0.4, 0.5) is 0 Å². The van der Waals surface area contributed by atoms with Gasteiger partial charge in [0.05, 0.1) is 6.54 Å². The molecule has 0 fully saturated rings. The van der Waals surface area contributed by atoms with Gasteiger partial charge in [-0.25, -0.2) is 0 Å². The van der Waals surface area contributed by atoms with Crippen LogP contribution in [0.15, 0.2) is 29.4 Å². The quantitative estimate of drug-likeness (QED) is 0.547. The van der Waals surface area contributed by atoms with Gasteiger partial charge in [-0.2, -0.15) is 11.8 Å². The lowest BCUT2D eigenvalue weighted by Crippen LogP contribution is -2.47. The Hall–Kier alpha value is -1.76. The Morgan fingerprint density at radius 1 is 1.38 bits per heavy atom. The Labute approximate surface area is 149 Å². The molecular formula is C17H29N5OS. The lowest BCUT2D eigenvalue weighted by molar-refractivity contribution is -0.128. The first-order valence-corrected chi connectivity index (χ1v) is 9.24. The Bertz CT molecular complexity index is 533. The zero-order valence-electron chi connectivity index (χ0n) is 15.3. The maximum atomic E-state index is 12.2. The SMILES string of the molecule is CN=C(NCC(=O)N(C)CCc1ccccn1)NCC(C)(C)SC. The van der Waals surface area contributed by atoms with Crippen LogP contribution in [0.25, 0.3) is 0 Å². The predicted molar refractivity (Wildman–Crippen MR) is 103 cm³/mol. The van der Waals surface area contributed by atoms with E-state index in [1.165, 1.54) is 0 Å². The van der Waals surface area contributed by atoms with E-state index in [0.717, 1.165) is 18.7 Å². The summed E-state index contributed by atoms with van der Waals surface area (Å²) in [5, 5.41) is 6.32. The van der Waals surface area contributed by atoms with Crippen molar-refractivity contribution >= 4 is 23.6 Å². The average Bonchev–Trinajstić information content (AvgIpc) is 2.60. The van der Waals surface area contributed by atoms with Crippen LogP contribution in [0.2, 0.25) is 0 Å². The summed E-state index contributed by atoms with van der Waals surface area (Å²) >= 11 is 1.79. The van der Waals surface area contributed by atoms with E-state index in [2.05, 4.69) is 40.7 Å². The van der Waals surface area contributed by atoms with Crippen LogP contribution >= 0.6 is 11.8 Å². The second-order valence-corrected chi connectivity index (χ2v) is 7.64. The van der Waals surface area contributed by atoms with Crippen LogP contribution in [0.5, 0.6) is 0 Å². The summed E-state index contributed by atoms with van der Waals surface area (Å²) in [4.78, 5) is 22.3. The lowest BCUT2D eigenvalue weighted by atomic mass is 10.2. The Balaban J connectivity index is 2.35. The monoisotopic (exact) mass is 351 g/mol. The molecule has 0 radical (unpaired) electrons. The Kier molecular flexibility index (Phi) is 8.60. The molecule has 0 aliphatic heterocycles. The molecule has 134 valence electrons. The molecule has 1 aromatic heterocycles. The molecule has 6 nitrogen and oxygen atoms in total. The number of hydrogen-bond donors (Lipinski definition) is 2. The molecule has 1 aromatic rings. The highest BCUT2D eigenvalue weighted by Crippen LogP contribution is 2.19. The topological polar surface area (TPSA) is 69.6 Å². The van der Waals surface area contributed by atoms with Gasteiger partial charge >= 0.3 is 0 Å². The standard InChI is InChI=1S/C17H29N5OS/c1-17(2,24-5)13-21-16(18-3)20-12-15(23)22(4)11-9-14-8-6-7-10-19-14/h6-8,10H,9,11-13H2,1-5H3,(H2,18,20,21). The first-order valence-electron chi connectivity index (χ1n) is 8.01. The summed E-state index contributed by atoms with van der Waals surface area (Å²) in [6.45, 7) is 5.96. The smallest absolute Gasteiger partial charge is 0.241 e. The summed E-state index contributed by atoms with van der Waals surface area (Å²) in [5.41, 5.74) is 0.988. The van der Waals surface area contributed by atoms with E-state index in [1.54, 1.807) is 37.0 Å². The average molecular weight is 352 g/mol. The van der Waals surface area contributed by atoms with Gasteiger partial charge in [0, 0.05) is 50.2 Å². The molecule has 24 heavy (non-hydrogen) atoms. The van der Waals surface area contributed by atoms with Crippen molar-refractivity contribution in [2.24, 2.45) is 4.99 Å². The fraction of sp³-hybridized carbons (Fsp3) is 0.588. The fourth-order valence-corrected chi connectivity index (χ4v) is 2.05. The van der Waals surface area contributed by atoms with Gasteiger partial charge in [0.1, 0.15) is 0 Å². The summed E-state index contributed by atoms with van der Waals surface area (Å²) in [5.74, 6) is 0.668. The van der Waals surface area contributed by atoms with Crippen LogP contribution in [0, 0.1) is 0 Å². The third kappa shape index (κ3) is 7.68. The van der Waals surface area contributed by atoms with Gasteiger partial charge < -0.3 is 15.5 Å². The number of carbonyl (C=O) groups excluding carboxylic acids is 1. The molecule has 0 aliphatic rings. The van der Waals surface area contributed by atoms with Crippen molar-refractivity contribution in [1.82, 2.24) is 20.5 Å². The first kappa shape index (κ1) is 20.3. The van der Waals surface area contributed by atoms with Gasteiger partial charge in [-0.05, 0) is 32.2 Å². The molecule has 0 atom stereocenters. The summed E-state index contributed by atoms with van der Waals surface area (Å²) in [6, 6.07) is 5.81. The number of carbonyl (C=O) groups is 1. The largest absolute Gasteiger partial charge is 0.355 e. The summed E-state index contributed by atoms with van der Waals surface area (Å²) in [6.07, 6.45) is 4.60. The summed E-state index contributed by atoms with van der Waals surface area (Å²) in [7, 11) is 3.51. The number of rotatable bonds is 8. The maximum Gasteiger partial charge on any atom is 0.241 e. The van der Waals surface area contributed by atoms with Gasteiger partial charge in [0.15, 0.2) is 5.96 Å². The summed E-state index contributed by atoms with van der Waals surface area (Å²) < 4.78 is 0.112. The van der Waals surface area contributed by atoms with Crippen LogP contribution in [0.3, 0.4) is 0 Å². The number of likely N-dealkylation sites (N-methyl/N-ethyl adjacent to an activating group) is 1. The molecule has 7 heteroatoms. The van der Waals surface area contributed by atoms with E-state index < -0.39 is 0 Å². The highest BCUT2D eigenvalue weighted by Gasteiger charge is 2.16. The zero-order valence-corrected chi connectivity index (χ0v) is 16.1. The van der Waals surface area contributed by atoms with Crippen molar-refractivity contribution in [3.63, 3.8) is 0 Å². The van der Waals surface area contributed by atoms with Crippen molar-refractivity contribution < 1.29 is 4.79 Å². The van der Waals surface area contributed by atoms with Crippen molar-refractivity contribution in [3.8, 4) is 0 Å². The minimum atomic E-state index is 0.0259. The normalized spacial score (nSPS) is 12.0. The van der Waals surface area contributed by atoms with Crippen LogP contribution in [0.1, 0.15) is 19.5 Å². The number of hydrogen-bond acceptors (Lipinski definition) is 4.